The number of hydrogen-bond donors (Lipinski definition) is 3. The molecule has 2 aromatic carbocycles. The molecule has 130 valence electrons. The first kappa shape index (κ1) is 18.6. The number of nitrogens with zero attached hydrogens (tertiary/aromatic N) is 1. The summed E-state index contributed by atoms with van der Waals surface area (Å²) in [6.07, 6.45) is 0. The van der Waals surface area contributed by atoms with E-state index in [4.69, 9.17) is 11.6 Å². The van der Waals surface area contributed by atoms with Crippen molar-refractivity contribution in [1.82, 2.24) is 10.9 Å². The molecule has 0 saturated carbocycles. The zero-order valence-corrected chi connectivity index (χ0v) is 14.3. The maximum absolute atomic E-state index is 11.7. The fourth-order valence-corrected chi connectivity index (χ4v) is 2.53. The Kier molecular flexibility index (Phi) is 6.61. The molecule has 2 rings (SSSR count). The van der Waals surface area contributed by atoms with Crippen molar-refractivity contribution in [3.8, 4) is 0 Å². The molecule has 0 heterocycles. The van der Waals surface area contributed by atoms with Gasteiger partial charge in [-0.05, 0) is 30.3 Å². The minimum Gasteiger partial charge on any atom is -0.306 e. The average molecular weight is 381 g/mol. The summed E-state index contributed by atoms with van der Waals surface area (Å²) >= 11 is 7.05. The third-order valence-electron chi connectivity index (χ3n) is 2.81. The Morgan fingerprint density at radius 2 is 1.84 bits per heavy atom. The van der Waals surface area contributed by atoms with Crippen molar-refractivity contribution >= 4 is 46.7 Å². The second kappa shape index (κ2) is 8.90. The lowest BCUT2D eigenvalue weighted by Gasteiger charge is -2.09. The van der Waals surface area contributed by atoms with Crippen LogP contribution in [0, 0.1) is 10.1 Å². The fraction of sp³-hybridized carbons (Fsp3) is 0.0667. The molecular formula is C15H13ClN4O4S. The van der Waals surface area contributed by atoms with Gasteiger partial charge < -0.3 is 5.32 Å². The Hall–Kier alpha value is -2.78. The number of thioether (sulfide) groups is 1. The van der Waals surface area contributed by atoms with Crippen LogP contribution >= 0.6 is 23.4 Å². The molecule has 0 radical (unpaired) electrons. The van der Waals surface area contributed by atoms with Crippen molar-refractivity contribution < 1.29 is 14.5 Å². The Balaban J connectivity index is 1.75. The number of amides is 3. The Bertz CT molecular complexity index is 785. The standard InChI is InChI=1S/C15H13ClN4O4S/c16-10-4-6-13(7-5-10)25-9-14(21)18-19-15(22)17-11-2-1-3-12(8-11)20(23)24/h1-8H,9H2,(H,18,21)(H2,17,19,22). The van der Waals surface area contributed by atoms with Gasteiger partial charge in [-0.2, -0.15) is 0 Å². The smallest absolute Gasteiger partial charge is 0.306 e. The minimum atomic E-state index is -0.717. The van der Waals surface area contributed by atoms with E-state index in [1.807, 2.05) is 0 Å². The topological polar surface area (TPSA) is 113 Å². The lowest BCUT2D eigenvalue weighted by molar-refractivity contribution is -0.384. The van der Waals surface area contributed by atoms with E-state index < -0.39 is 16.9 Å². The molecule has 0 atom stereocenters. The number of halogens is 1. The molecule has 0 spiro atoms. The van der Waals surface area contributed by atoms with Crippen LogP contribution in [-0.2, 0) is 4.79 Å². The number of carbonyl (C=O) groups is 2. The summed E-state index contributed by atoms with van der Waals surface area (Å²) in [5.41, 5.74) is 4.49. The molecular weight excluding hydrogens is 368 g/mol. The van der Waals surface area contributed by atoms with Crippen LogP contribution in [0.1, 0.15) is 0 Å². The quantitative estimate of drug-likeness (QED) is 0.418. The van der Waals surface area contributed by atoms with E-state index in [2.05, 4.69) is 16.2 Å². The van der Waals surface area contributed by atoms with E-state index in [0.29, 0.717) is 5.02 Å². The van der Waals surface area contributed by atoms with Crippen LogP contribution in [0.4, 0.5) is 16.2 Å². The number of rotatable bonds is 5. The first-order valence-corrected chi connectivity index (χ1v) is 8.29. The van der Waals surface area contributed by atoms with E-state index >= 15 is 0 Å². The van der Waals surface area contributed by atoms with E-state index in [9.17, 15) is 19.7 Å². The van der Waals surface area contributed by atoms with Gasteiger partial charge in [0, 0.05) is 27.7 Å². The van der Waals surface area contributed by atoms with E-state index in [-0.39, 0.29) is 17.1 Å². The minimum absolute atomic E-state index is 0.0960. The van der Waals surface area contributed by atoms with Gasteiger partial charge in [0.05, 0.1) is 10.7 Å². The number of non-ortho nitro benzene ring substituents is 1. The molecule has 0 saturated heterocycles. The summed E-state index contributed by atoms with van der Waals surface area (Å²) < 4.78 is 0. The van der Waals surface area contributed by atoms with Crippen LogP contribution in [0.25, 0.3) is 0 Å². The van der Waals surface area contributed by atoms with Crippen molar-refractivity contribution in [3.63, 3.8) is 0 Å². The number of anilines is 1. The molecule has 0 aliphatic carbocycles. The summed E-state index contributed by atoms with van der Waals surface area (Å²) in [6.45, 7) is 0. The maximum atomic E-state index is 11.7. The van der Waals surface area contributed by atoms with Gasteiger partial charge in [0.1, 0.15) is 0 Å². The highest BCUT2D eigenvalue weighted by Crippen LogP contribution is 2.20. The molecule has 0 aromatic heterocycles. The SMILES string of the molecule is O=C(CSc1ccc(Cl)cc1)NNC(=O)Nc1cccc([N+](=O)[O-])c1. The van der Waals surface area contributed by atoms with Crippen LogP contribution in [0.15, 0.2) is 53.4 Å². The van der Waals surface area contributed by atoms with Crippen molar-refractivity contribution in [2.75, 3.05) is 11.1 Å². The number of hydrogen-bond acceptors (Lipinski definition) is 5. The summed E-state index contributed by atoms with van der Waals surface area (Å²) in [5, 5.41) is 13.7. The number of urea groups is 1. The normalized spacial score (nSPS) is 9.96. The van der Waals surface area contributed by atoms with Crippen LogP contribution in [0.5, 0.6) is 0 Å². The molecule has 3 amide bonds. The number of benzene rings is 2. The molecule has 25 heavy (non-hydrogen) atoms. The fourth-order valence-electron chi connectivity index (χ4n) is 1.70. The second-order valence-electron chi connectivity index (χ2n) is 4.68. The van der Waals surface area contributed by atoms with E-state index in [0.717, 1.165) is 4.90 Å². The van der Waals surface area contributed by atoms with Gasteiger partial charge in [-0.3, -0.25) is 20.3 Å². The Morgan fingerprint density at radius 1 is 1.12 bits per heavy atom. The summed E-state index contributed by atoms with van der Waals surface area (Å²) in [5.74, 6) is -0.312. The van der Waals surface area contributed by atoms with Gasteiger partial charge in [-0.15, -0.1) is 11.8 Å². The lowest BCUT2D eigenvalue weighted by atomic mass is 10.3. The average Bonchev–Trinajstić information content (AvgIpc) is 2.59. The van der Waals surface area contributed by atoms with Crippen LogP contribution in [0.3, 0.4) is 0 Å². The van der Waals surface area contributed by atoms with Gasteiger partial charge in [0.25, 0.3) is 5.69 Å². The van der Waals surface area contributed by atoms with Crippen molar-refractivity contribution in [2.24, 2.45) is 0 Å². The van der Waals surface area contributed by atoms with Crippen LogP contribution in [-0.4, -0.2) is 22.6 Å². The van der Waals surface area contributed by atoms with Crippen molar-refractivity contribution in [2.45, 2.75) is 4.90 Å². The second-order valence-corrected chi connectivity index (χ2v) is 6.16. The predicted molar refractivity (Wildman–Crippen MR) is 95.6 cm³/mol. The third-order valence-corrected chi connectivity index (χ3v) is 4.08. The highest BCUT2D eigenvalue weighted by Gasteiger charge is 2.09. The molecule has 10 heteroatoms. The molecule has 0 aliphatic rings. The summed E-state index contributed by atoms with van der Waals surface area (Å²) in [7, 11) is 0. The number of hydrazine groups is 1. The highest BCUT2D eigenvalue weighted by molar-refractivity contribution is 8.00. The Labute approximate surface area is 152 Å². The number of nitro benzene ring substituents is 1. The number of nitrogens with one attached hydrogen (secondary N) is 3. The molecule has 0 bridgehead atoms. The third kappa shape index (κ3) is 6.32. The Morgan fingerprint density at radius 3 is 2.52 bits per heavy atom. The monoisotopic (exact) mass is 380 g/mol. The largest absolute Gasteiger partial charge is 0.337 e. The van der Waals surface area contributed by atoms with Gasteiger partial charge in [-0.25, -0.2) is 10.2 Å². The summed E-state index contributed by atoms with van der Waals surface area (Å²) in [6, 6.07) is 11.7. The predicted octanol–water partition coefficient (Wildman–Crippen LogP) is 3.19. The molecule has 0 aliphatic heterocycles. The zero-order chi connectivity index (χ0) is 18.2. The lowest BCUT2D eigenvalue weighted by Crippen LogP contribution is -2.44. The first-order chi connectivity index (χ1) is 11.9. The van der Waals surface area contributed by atoms with Gasteiger partial charge in [0.2, 0.25) is 5.91 Å². The van der Waals surface area contributed by atoms with Crippen molar-refractivity contribution in [1.29, 1.82) is 0 Å². The molecule has 8 nitrogen and oxygen atoms in total. The van der Waals surface area contributed by atoms with Gasteiger partial charge >= 0.3 is 6.03 Å². The summed E-state index contributed by atoms with van der Waals surface area (Å²) in [4.78, 5) is 34.3. The van der Waals surface area contributed by atoms with E-state index in [1.54, 1.807) is 24.3 Å². The molecule has 0 fully saturated rings. The highest BCUT2D eigenvalue weighted by atomic mass is 35.5. The first-order valence-electron chi connectivity index (χ1n) is 6.93. The van der Waals surface area contributed by atoms with Crippen molar-refractivity contribution in [3.05, 3.63) is 63.7 Å². The molecule has 2 aromatic rings. The molecule has 0 unspecified atom stereocenters. The maximum Gasteiger partial charge on any atom is 0.337 e. The van der Waals surface area contributed by atoms with Gasteiger partial charge in [-0.1, -0.05) is 17.7 Å². The van der Waals surface area contributed by atoms with Gasteiger partial charge in [0.15, 0.2) is 0 Å². The number of nitro groups is 1. The molecule has 3 N–H and O–H groups in total. The number of carbonyl (C=O) groups excluding carboxylic acids is 2. The van der Waals surface area contributed by atoms with E-state index in [1.165, 1.54) is 36.0 Å². The van der Waals surface area contributed by atoms with Crippen LogP contribution < -0.4 is 16.2 Å². The zero-order valence-electron chi connectivity index (χ0n) is 12.7. The van der Waals surface area contributed by atoms with Crippen LogP contribution in [0.2, 0.25) is 5.02 Å².